The van der Waals surface area contributed by atoms with Crippen molar-refractivity contribution in [1.29, 1.82) is 0 Å². The number of Topliss-reactive ketones (excluding diaryl/α,β-unsaturated/α-hetero) is 1. The summed E-state index contributed by atoms with van der Waals surface area (Å²) < 4.78 is 0. The molecule has 29 heavy (non-hydrogen) atoms. The first-order valence-electron chi connectivity index (χ1n) is 11.6. The van der Waals surface area contributed by atoms with Crippen LogP contribution in [-0.2, 0) is 9.59 Å². The molecule has 0 aliphatic heterocycles. The molecule has 0 aromatic heterocycles. The van der Waals surface area contributed by atoms with E-state index >= 15 is 0 Å². The van der Waals surface area contributed by atoms with E-state index in [1.165, 1.54) is 25.7 Å². The number of carbonyl (C=O) groups excluding carboxylic acids is 1. The first-order chi connectivity index (χ1) is 13.8. The number of aliphatic carboxylic acids is 1. The fourth-order valence-electron chi connectivity index (χ4n) is 4.37. The SMILES string of the molecule is CCCCCC[C@H](C)C[C@H](O)C=C[C@H]1[C@H](O)CC(=O)[C@@H]1CCCCCCC(=O)O. The lowest BCUT2D eigenvalue weighted by atomic mass is 9.88. The summed E-state index contributed by atoms with van der Waals surface area (Å²) in [5.41, 5.74) is 0. The molecule has 1 aliphatic rings. The van der Waals surface area contributed by atoms with Gasteiger partial charge in [0.15, 0.2) is 0 Å². The minimum absolute atomic E-state index is 0.108. The van der Waals surface area contributed by atoms with E-state index in [9.17, 15) is 19.8 Å². The summed E-state index contributed by atoms with van der Waals surface area (Å²) in [5.74, 6) is -0.590. The van der Waals surface area contributed by atoms with Crippen molar-refractivity contribution in [1.82, 2.24) is 0 Å². The van der Waals surface area contributed by atoms with Crippen molar-refractivity contribution in [3.63, 3.8) is 0 Å². The lowest BCUT2D eigenvalue weighted by Crippen LogP contribution is -2.19. The van der Waals surface area contributed by atoms with Gasteiger partial charge >= 0.3 is 5.97 Å². The molecular weight excluding hydrogens is 368 g/mol. The van der Waals surface area contributed by atoms with Crippen LogP contribution in [0.4, 0.5) is 0 Å². The Labute approximate surface area is 176 Å². The second kappa shape index (κ2) is 14.7. The van der Waals surface area contributed by atoms with Gasteiger partial charge in [-0.15, -0.1) is 0 Å². The molecule has 0 saturated heterocycles. The van der Waals surface area contributed by atoms with E-state index in [0.29, 0.717) is 18.8 Å². The van der Waals surface area contributed by atoms with Crippen LogP contribution in [0, 0.1) is 17.8 Å². The van der Waals surface area contributed by atoms with Gasteiger partial charge in [0.2, 0.25) is 0 Å². The maximum absolute atomic E-state index is 12.3. The van der Waals surface area contributed by atoms with E-state index in [1.54, 1.807) is 6.08 Å². The van der Waals surface area contributed by atoms with Crippen LogP contribution in [0.1, 0.15) is 97.3 Å². The molecular formula is C24H42O5. The lowest BCUT2D eigenvalue weighted by Gasteiger charge is -2.19. The predicted molar refractivity (Wildman–Crippen MR) is 116 cm³/mol. The van der Waals surface area contributed by atoms with Crippen molar-refractivity contribution in [2.75, 3.05) is 0 Å². The zero-order valence-corrected chi connectivity index (χ0v) is 18.4. The number of rotatable bonds is 16. The van der Waals surface area contributed by atoms with E-state index in [2.05, 4.69) is 13.8 Å². The molecule has 0 bridgehead atoms. The third-order valence-corrected chi connectivity index (χ3v) is 6.14. The molecule has 0 aromatic rings. The van der Waals surface area contributed by atoms with E-state index in [1.807, 2.05) is 6.08 Å². The fourth-order valence-corrected chi connectivity index (χ4v) is 4.37. The molecule has 0 radical (unpaired) electrons. The van der Waals surface area contributed by atoms with Gasteiger partial charge in [0, 0.05) is 24.7 Å². The van der Waals surface area contributed by atoms with Crippen LogP contribution >= 0.6 is 0 Å². The first kappa shape index (κ1) is 25.8. The lowest BCUT2D eigenvalue weighted by molar-refractivity contribution is -0.137. The third-order valence-electron chi connectivity index (χ3n) is 6.14. The summed E-state index contributed by atoms with van der Waals surface area (Å²) in [6.07, 6.45) is 13.6. The van der Waals surface area contributed by atoms with Gasteiger partial charge in [0.1, 0.15) is 5.78 Å². The molecule has 1 aliphatic carbocycles. The average Bonchev–Trinajstić information content (AvgIpc) is 2.92. The van der Waals surface area contributed by atoms with Crippen molar-refractivity contribution in [2.24, 2.45) is 17.8 Å². The van der Waals surface area contributed by atoms with Crippen molar-refractivity contribution < 1.29 is 24.9 Å². The fraction of sp³-hybridized carbons (Fsp3) is 0.833. The maximum atomic E-state index is 12.3. The van der Waals surface area contributed by atoms with E-state index < -0.39 is 18.2 Å². The van der Waals surface area contributed by atoms with Crippen LogP contribution in [-0.4, -0.2) is 39.3 Å². The number of hydrogen-bond donors (Lipinski definition) is 3. The quantitative estimate of drug-likeness (QED) is 0.249. The van der Waals surface area contributed by atoms with E-state index in [0.717, 1.165) is 32.1 Å². The summed E-state index contributed by atoms with van der Waals surface area (Å²) in [6.45, 7) is 4.37. The second-order valence-electron chi connectivity index (χ2n) is 8.91. The molecule has 5 heteroatoms. The summed E-state index contributed by atoms with van der Waals surface area (Å²) >= 11 is 0. The number of aliphatic hydroxyl groups excluding tert-OH is 2. The summed E-state index contributed by atoms with van der Waals surface area (Å²) in [5, 5.41) is 29.3. The first-order valence-corrected chi connectivity index (χ1v) is 11.6. The minimum Gasteiger partial charge on any atom is -0.481 e. The van der Waals surface area contributed by atoms with Crippen LogP contribution in [0.15, 0.2) is 12.2 Å². The van der Waals surface area contributed by atoms with Crippen LogP contribution in [0.5, 0.6) is 0 Å². The van der Waals surface area contributed by atoms with Gasteiger partial charge in [0.25, 0.3) is 0 Å². The molecule has 1 saturated carbocycles. The van der Waals surface area contributed by atoms with Crippen LogP contribution < -0.4 is 0 Å². The number of aliphatic hydroxyl groups is 2. The van der Waals surface area contributed by atoms with Gasteiger partial charge in [-0.3, -0.25) is 9.59 Å². The summed E-state index contributed by atoms with van der Waals surface area (Å²) in [4.78, 5) is 22.8. The number of carbonyl (C=O) groups is 2. The van der Waals surface area contributed by atoms with Crippen molar-refractivity contribution in [3.05, 3.63) is 12.2 Å². The van der Waals surface area contributed by atoms with E-state index in [4.69, 9.17) is 5.11 Å². The topological polar surface area (TPSA) is 94.8 Å². The van der Waals surface area contributed by atoms with Gasteiger partial charge in [-0.05, 0) is 25.2 Å². The number of carboxylic acid groups (broad SMARTS) is 1. The second-order valence-corrected chi connectivity index (χ2v) is 8.91. The van der Waals surface area contributed by atoms with Crippen molar-refractivity contribution >= 4 is 11.8 Å². The Hall–Kier alpha value is -1.20. The van der Waals surface area contributed by atoms with Gasteiger partial charge in [-0.2, -0.15) is 0 Å². The van der Waals surface area contributed by atoms with E-state index in [-0.39, 0.29) is 30.5 Å². The highest BCUT2D eigenvalue weighted by Gasteiger charge is 2.39. The highest BCUT2D eigenvalue weighted by Crippen LogP contribution is 2.34. The maximum Gasteiger partial charge on any atom is 0.303 e. The predicted octanol–water partition coefficient (Wildman–Crippen LogP) is 4.89. The average molecular weight is 411 g/mol. The molecule has 168 valence electrons. The molecule has 5 atom stereocenters. The highest BCUT2D eigenvalue weighted by atomic mass is 16.4. The Morgan fingerprint density at radius 2 is 1.83 bits per heavy atom. The van der Waals surface area contributed by atoms with Gasteiger partial charge in [-0.1, -0.05) is 77.4 Å². The summed E-state index contributed by atoms with van der Waals surface area (Å²) in [6, 6.07) is 0. The molecule has 1 rings (SSSR count). The zero-order valence-electron chi connectivity index (χ0n) is 18.4. The molecule has 0 unspecified atom stereocenters. The van der Waals surface area contributed by atoms with Crippen LogP contribution in [0.25, 0.3) is 0 Å². The molecule has 1 fully saturated rings. The highest BCUT2D eigenvalue weighted by molar-refractivity contribution is 5.84. The van der Waals surface area contributed by atoms with Crippen LogP contribution in [0.2, 0.25) is 0 Å². The molecule has 0 heterocycles. The monoisotopic (exact) mass is 410 g/mol. The minimum atomic E-state index is -0.766. The van der Waals surface area contributed by atoms with Gasteiger partial charge in [0.05, 0.1) is 12.2 Å². The summed E-state index contributed by atoms with van der Waals surface area (Å²) in [7, 11) is 0. The third kappa shape index (κ3) is 10.9. The number of carboxylic acids is 1. The number of unbranched alkanes of at least 4 members (excludes halogenated alkanes) is 6. The number of hydrogen-bond acceptors (Lipinski definition) is 4. The zero-order chi connectivity index (χ0) is 21.6. The molecule has 5 nitrogen and oxygen atoms in total. The Kier molecular flexibility index (Phi) is 13.1. The Morgan fingerprint density at radius 3 is 2.52 bits per heavy atom. The van der Waals surface area contributed by atoms with Gasteiger partial charge < -0.3 is 15.3 Å². The smallest absolute Gasteiger partial charge is 0.303 e. The van der Waals surface area contributed by atoms with Crippen molar-refractivity contribution in [2.45, 2.75) is 110 Å². The molecule has 0 spiro atoms. The van der Waals surface area contributed by atoms with Crippen LogP contribution in [0.3, 0.4) is 0 Å². The Morgan fingerprint density at radius 1 is 1.14 bits per heavy atom. The standard InChI is InChI=1S/C24H42O5/c1-3-4-5-8-11-18(2)16-19(25)14-15-21-20(22(26)17-23(21)27)12-9-6-7-10-13-24(28)29/h14-15,18-21,23,25,27H,3-13,16-17H2,1-2H3,(H,28,29)/t18-,19+,20+,21+,23+/m0/s1. The Bertz CT molecular complexity index is 501. The van der Waals surface area contributed by atoms with Gasteiger partial charge in [-0.25, -0.2) is 0 Å². The van der Waals surface area contributed by atoms with Crippen molar-refractivity contribution in [3.8, 4) is 0 Å². The largest absolute Gasteiger partial charge is 0.481 e. The number of ketones is 1. The normalized spacial score (nSPS) is 24.3. The molecule has 0 amide bonds. The Balaban J connectivity index is 2.39. The molecule has 3 N–H and O–H groups in total. The molecule has 0 aromatic carbocycles.